The molecule has 1 aromatic rings. The lowest BCUT2D eigenvalue weighted by atomic mass is 9.89. The van der Waals surface area contributed by atoms with Crippen LogP contribution in [0.25, 0.3) is 0 Å². The van der Waals surface area contributed by atoms with Crippen molar-refractivity contribution in [3.8, 4) is 11.5 Å². The first kappa shape index (κ1) is 14.8. The van der Waals surface area contributed by atoms with Crippen molar-refractivity contribution >= 4 is 0 Å². The van der Waals surface area contributed by atoms with E-state index in [1.807, 2.05) is 19.2 Å². The zero-order valence-electron chi connectivity index (χ0n) is 12.1. The number of hydrogen-bond donors (Lipinski definition) is 1. The SMILES string of the molecule is CNCC(Cc1cc(OC)ccc1OC)C(C)C. The molecule has 1 atom stereocenters. The van der Waals surface area contributed by atoms with Gasteiger partial charge in [0.15, 0.2) is 0 Å². The van der Waals surface area contributed by atoms with Gasteiger partial charge >= 0.3 is 0 Å². The Labute approximate surface area is 110 Å². The maximum atomic E-state index is 5.43. The predicted octanol–water partition coefficient (Wildman–Crippen LogP) is 2.74. The van der Waals surface area contributed by atoms with Gasteiger partial charge in [0.25, 0.3) is 0 Å². The summed E-state index contributed by atoms with van der Waals surface area (Å²) in [5, 5.41) is 3.26. The second-order valence-electron chi connectivity index (χ2n) is 4.94. The maximum Gasteiger partial charge on any atom is 0.122 e. The molecule has 0 aromatic heterocycles. The van der Waals surface area contributed by atoms with Crippen molar-refractivity contribution in [3.63, 3.8) is 0 Å². The minimum Gasteiger partial charge on any atom is -0.497 e. The van der Waals surface area contributed by atoms with Gasteiger partial charge in [-0.1, -0.05) is 13.8 Å². The summed E-state index contributed by atoms with van der Waals surface area (Å²) < 4.78 is 10.7. The molecule has 0 saturated carbocycles. The van der Waals surface area contributed by atoms with E-state index in [9.17, 15) is 0 Å². The van der Waals surface area contributed by atoms with Crippen LogP contribution in [0.3, 0.4) is 0 Å². The number of benzene rings is 1. The quantitative estimate of drug-likeness (QED) is 0.808. The van der Waals surface area contributed by atoms with Crippen LogP contribution in [0.4, 0.5) is 0 Å². The molecular weight excluding hydrogens is 226 g/mol. The van der Waals surface area contributed by atoms with Crippen LogP contribution in [0, 0.1) is 11.8 Å². The van der Waals surface area contributed by atoms with E-state index in [4.69, 9.17) is 9.47 Å². The Hall–Kier alpha value is -1.22. The Morgan fingerprint density at radius 2 is 1.89 bits per heavy atom. The highest BCUT2D eigenvalue weighted by Crippen LogP contribution is 2.28. The zero-order chi connectivity index (χ0) is 13.5. The fraction of sp³-hybridized carbons (Fsp3) is 0.600. The summed E-state index contributed by atoms with van der Waals surface area (Å²) in [4.78, 5) is 0. The number of methoxy groups -OCH3 is 2. The molecular formula is C15H25NO2. The van der Waals surface area contributed by atoms with E-state index in [1.54, 1.807) is 14.2 Å². The van der Waals surface area contributed by atoms with E-state index in [2.05, 4.69) is 25.2 Å². The second-order valence-corrected chi connectivity index (χ2v) is 4.94. The molecule has 0 amide bonds. The smallest absolute Gasteiger partial charge is 0.122 e. The lowest BCUT2D eigenvalue weighted by molar-refractivity contribution is 0.355. The summed E-state index contributed by atoms with van der Waals surface area (Å²) in [7, 11) is 5.41. The first-order valence-electron chi connectivity index (χ1n) is 6.47. The van der Waals surface area contributed by atoms with E-state index in [0.717, 1.165) is 24.5 Å². The molecule has 0 saturated heterocycles. The molecule has 0 aliphatic heterocycles. The van der Waals surface area contributed by atoms with E-state index < -0.39 is 0 Å². The van der Waals surface area contributed by atoms with Crippen molar-refractivity contribution in [2.45, 2.75) is 20.3 Å². The molecule has 0 fully saturated rings. The Morgan fingerprint density at radius 3 is 2.39 bits per heavy atom. The lowest BCUT2D eigenvalue weighted by Crippen LogP contribution is -2.25. The van der Waals surface area contributed by atoms with Crippen LogP contribution in [-0.2, 0) is 6.42 Å². The van der Waals surface area contributed by atoms with Crippen LogP contribution in [0.5, 0.6) is 11.5 Å². The Morgan fingerprint density at radius 1 is 1.17 bits per heavy atom. The molecule has 1 N–H and O–H groups in total. The van der Waals surface area contributed by atoms with E-state index in [-0.39, 0.29) is 0 Å². The Balaban J connectivity index is 2.91. The molecule has 3 nitrogen and oxygen atoms in total. The highest BCUT2D eigenvalue weighted by Gasteiger charge is 2.16. The van der Waals surface area contributed by atoms with Crippen molar-refractivity contribution in [1.29, 1.82) is 0 Å². The van der Waals surface area contributed by atoms with Gasteiger partial charge in [-0.15, -0.1) is 0 Å². The molecule has 0 aliphatic carbocycles. The van der Waals surface area contributed by atoms with Gasteiger partial charge in [-0.25, -0.2) is 0 Å². The van der Waals surface area contributed by atoms with Gasteiger partial charge in [0.2, 0.25) is 0 Å². The molecule has 0 spiro atoms. The van der Waals surface area contributed by atoms with Crippen molar-refractivity contribution in [1.82, 2.24) is 5.32 Å². The topological polar surface area (TPSA) is 30.5 Å². The van der Waals surface area contributed by atoms with Crippen molar-refractivity contribution in [2.24, 2.45) is 11.8 Å². The van der Waals surface area contributed by atoms with Crippen LogP contribution < -0.4 is 14.8 Å². The second kappa shape index (κ2) is 7.27. The summed E-state index contributed by atoms with van der Waals surface area (Å²) >= 11 is 0. The maximum absolute atomic E-state index is 5.43. The van der Waals surface area contributed by atoms with E-state index in [1.165, 1.54) is 5.56 Å². The molecule has 1 rings (SSSR count). The Kier molecular flexibility index (Phi) is 5.99. The number of ether oxygens (including phenoxy) is 2. The predicted molar refractivity (Wildman–Crippen MR) is 75.5 cm³/mol. The van der Waals surface area contributed by atoms with Gasteiger partial charge in [-0.3, -0.25) is 0 Å². The standard InChI is InChI=1S/C15H25NO2/c1-11(2)13(10-16-3)8-12-9-14(17-4)6-7-15(12)18-5/h6-7,9,11,13,16H,8,10H2,1-5H3. The summed E-state index contributed by atoms with van der Waals surface area (Å²) in [5.41, 5.74) is 1.21. The van der Waals surface area contributed by atoms with Crippen molar-refractivity contribution < 1.29 is 9.47 Å². The largest absolute Gasteiger partial charge is 0.497 e. The molecule has 18 heavy (non-hydrogen) atoms. The molecule has 0 heterocycles. The molecule has 102 valence electrons. The molecule has 3 heteroatoms. The van der Waals surface area contributed by atoms with Crippen LogP contribution in [0.15, 0.2) is 18.2 Å². The fourth-order valence-electron chi connectivity index (χ4n) is 2.13. The fourth-order valence-corrected chi connectivity index (χ4v) is 2.13. The summed E-state index contributed by atoms with van der Waals surface area (Å²) in [6.07, 6.45) is 0.999. The van der Waals surface area contributed by atoms with Gasteiger partial charge in [0.1, 0.15) is 11.5 Å². The molecule has 0 aliphatic rings. The molecule has 0 radical (unpaired) electrons. The molecule has 1 aromatic carbocycles. The van der Waals surface area contributed by atoms with Crippen LogP contribution in [0.1, 0.15) is 19.4 Å². The monoisotopic (exact) mass is 251 g/mol. The highest BCUT2D eigenvalue weighted by atomic mass is 16.5. The van der Waals surface area contributed by atoms with E-state index >= 15 is 0 Å². The van der Waals surface area contributed by atoms with Gasteiger partial charge in [0.05, 0.1) is 14.2 Å². The average Bonchev–Trinajstić information content (AvgIpc) is 2.37. The molecule has 1 unspecified atom stereocenters. The third-order valence-corrected chi connectivity index (χ3v) is 3.38. The molecule has 0 bridgehead atoms. The first-order valence-corrected chi connectivity index (χ1v) is 6.47. The van der Waals surface area contributed by atoms with Crippen molar-refractivity contribution in [3.05, 3.63) is 23.8 Å². The highest BCUT2D eigenvalue weighted by molar-refractivity contribution is 5.40. The van der Waals surface area contributed by atoms with Crippen LogP contribution in [-0.4, -0.2) is 27.8 Å². The van der Waals surface area contributed by atoms with Gasteiger partial charge < -0.3 is 14.8 Å². The average molecular weight is 251 g/mol. The van der Waals surface area contributed by atoms with Crippen LogP contribution >= 0.6 is 0 Å². The number of rotatable bonds is 7. The Bertz CT molecular complexity index is 364. The van der Waals surface area contributed by atoms with Crippen molar-refractivity contribution in [2.75, 3.05) is 27.8 Å². The van der Waals surface area contributed by atoms with Gasteiger partial charge in [0, 0.05) is 0 Å². The minimum absolute atomic E-state index is 0.594. The third kappa shape index (κ3) is 3.91. The number of nitrogens with one attached hydrogen (secondary N) is 1. The summed E-state index contributed by atoms with van der Waals surface area (Å²) in [6, 6.07) is 5.99. The summed E-state index contributed by atoms with van der Waals surface area (Å²) in [5.74, 6) is 3.06. The zero-order valence-corrected chi connectivity index (χ0v) is 12.1. The normalized spacial score (nSPS) is 12.6. The lowest BCUT2D eigenvalue weighted by Gasteiger charge is -2.22. The minimum atomic E-state index is 0.594. The van der Waals surface area contributed by atoms with Gasteiger partial charge in [-0.2, -0.15) is 0 Å². The van der Waals surface area contributed by atoms with Crippen LogP contribution in [0.2, 0.25) is 0 Å². The van der Waals surface area contributed by atoms with Gasteiger partial charge in [-0.05, 0) is 55.6 Å². The summed E-state index contributed by atoms with van der Waals surface area (Å²) in [6.45, 7) is 5.53. The first-order chi connectivity index (χ1) is 8.62. The number of hydrogen-bond acceptors (Lipinski definition) is 3. The van der Waals surface area contributed by atoms with E-state index in [0.29, 0.717) is 11.8 Å². The third-order valence-electron chi connectivity index (χ3n) is 3.38.